The van der Waals surface area contributed by atoms with E-state index in [1.165, 1.54) is 17.5 Å². The van der Waals surface area contributed by atoms with Gasteiger partial charge in [0, 0.05) is 38.7 Å². The van der Waals surface area contributed by atoms with Crippen LogP contribution in [-0.4, -0.2) is 56.8 Å². The zero-order chi connectivity index (χ0) is 17.0. The highest BCUT2D eigenvalue weighted by Gasteiger charge is 2.30. The zero-order valence-electron chi connectivity index (χ0n) is 13.9. The number of carbonyl (C=O) groups is 1. The number of piperazine rings is 1. The molecule has 1 amide bonds. The standard InChI is InChI=1S/C16H24N2O4S/c1-13(2)11-16(19)17-7-9-18(10-8-17)23(20,21)15-6-4-5-14(12-15)22-3/h4-6,12-13H,7-11H2,1-3H3. The van der Waals surface area contributed by atoms with Gasteiger partial charge in [-0.25, -0.2) is 8.42 Å². The average Bonchev–Trinajstić information content (AvgIpc) is 2.54. The van der Waals surface area contributed by atoms with Crippen LogP contribution in [0, 0.1) is 5.92 Å². The molecular formula is C16H24N2O4S. The van der Waals surface area contributed by atoms with Crippen molar-refractivity contribution < 1.29 is 17.9 Å². The van der Waals surface area contributed by atoms with Crippen LogP contribution in [0.2, 0.25) is 0 Å². The van der Waals surface area contributed by atoms with Gasteiger partial charge in [0.15, 0.2) is 0 Å². The van der Waals surface area contributed by atoms with E-state index in [1.54, 1.807) is 23.1 Å². The highest BCUT2D eigenvalue weighted by atomic mass is 32.2. The Labute approximate surface area is 138 Å². The molecule has 0 saturated carbocycles. The van der Waals surface area contributed by atoms with E-state index < -0.39 is 10.0 Å². The van der Waals surface area contributed by atoms with Crippen LogP contribution >= 0.6 is 0 Å². The Morgan fingerprint density at radius 1 is 1.22 bits per heavy atom. The average molecular weight is 340 g/mol. The van der Waals surface area contributed by atoms with Crippen molar-refractivity contribution in [1.82, 2.24) is 9.21 Å². The predicted molar refractivity (Wildman–Crippen MR) is 87.8 cm³/mol. The van der Waals surface area contributed by atoms with Crippen molar-refractivity contribution in [2.75, 3.05) is 33.3 Å². The van der Waals surface area contributed by atoms with Gasteiger partial charge >= 0.3 is 0 Å². The quantitative estimate of drug-likeness (QED) is 0.816. The minimum atomic E-state index is -3.55. The maximum atomic E-state index is 12.7. The topological polar surface area (TPSA) is 66.9 Å². The Kier molecular flexibility index (Phi) is 5.64. The molecule has 0 aromatic heterocycles. The monoisotopic (exact) mass is 340 g/mol. The number of sulfonamides is 1. The highest BCUT2D eigenvalue weighted by molar-refractivity contribution is 7.89. The first-order valence-electron chi connectivity index (χ1n) is 7.76. The second-order valence-electron chi connectivity index (χ2n) is 6.06. The molecule has 0 aliphatic carbocycles. The van der Waals surface area contributed by atoms with Crippen molar-refractivity contribution in [3.63, 3.8) is 0 Å². The Morgan fingerprint density at radius 2 is 1.87 bits per heavy atom. The summed E-state index contributed by atoms with van der Waals surface area (Å²) >= 11 is 0. The van der Waals surface area contributed by atoms with Gasteiger partial charge in [0.25, 0.3) is 0 Å². The SMILES string of the molecule is COc1cccc(S(=O)(=O)N2CCN(C(=O)CC(C)C)CC2)c1. The molecule has 1 saturated heterocycles. The summed E-state index contributed by atoms with van der Waals surface area (Å²) in [5, 5.41) is 0. The fraction of sp³-hybridized carbons (Fsp3) is 0.562. The number of methoxy groups -OCH3 is 1. The number of hydrogen-bond acceptors (Lipinski definition) is 4. The van der Waals surface area contributed by atoms with Crippen LogP contribution < -0.4 is 4.74 Å². The lowest BCUT2D eigenvalue weighted by Crippen LogP contribution is -2.50. The number of carbonyl (C=O) groups excluding carboxylic acids is 1. The molecule has 128 valence electrons. The van der Waals surface area contributed by atoms with Crippen LogP contribution in [0.15, 0.2) is 29.2 Å². The second-order valence-corrected chi connectivity index (χ2v) is 8.00. The van der Waals surface area contributed by atoms with Gasteiger partial charge in [-0.1, -0.05) is 19.9 Å². The molecule has 2 rings (SSSR count). The lowest BCUT2D eigenvalue weighted by atomic mass is 10.1. The fourth-order valence-corrected chi connectivity index (χ4v) is 4.02. The fourth-order valence-electron chi connectivity index (χ4n) is 2.57. The smallest absolute Gasteiger partial charge is 0.243 e. The molecule has 0 bridgehead atoms. The van der Waals surface area contributed by atoms with Gasteiger partial charge in [-0.15, -0.1) is 0 Å². The van der Waals surface area contributed by atoms with Crippen LogP contribution in [0.4, 0.5) is 0 Å². The number of nitrogens with zero attached hydrogens (tertiary/aromatic N) is 2. The molecule has 0 N–H and O–H groups in total. The molecular weight excluding hydrogens is 316 g/mol. The molecule has 1 aliphatic heterocycles. The summed E-state index contributed by atoms with van der Waals surface area (Å²) in [6.07, 6.45) is 0.503. The summed E-state index contributed by atoms with van der Waals surface area (Å²) in [6, 6.07) is 6.45. The summed E-state index contributed by atoms with van der Waals surface area (Å²) in [5.41, 5.74) is 0. The summed E-state index contributed by atoms with van der Waals surface area (Å²) in [4.78, 5) is 14.0. The molecule has 23 heavy (non-hydrogen) atoms. The Balaban J connectivity index is 2.05. The number of amides is 1. The molecule has 0 spiro atoms. The van der Waals surface area contributed by atoms with Crippen molar-refractivity contribution in [2.24, 2.45) is 5.92 Å². The molecule has 0 atom stereocenters. The van der Waals surface area contributed by atoms with E-state index in [4.69, 9.17) is 4.74 Å². The maximum absolute atomic E-state index is 12.7. The molecule has 7 heteroatoms. The van der Waals surface area contributed by atoms with E-state index in [2.05, 4.69) is 0 Å². The van der Waals surface area contributed by atoms with E-state index in [0.29, 0.717) is 44.3 Å². The first-order valence-corrected chi connectivity index (χ1v) is 9.20. The summed E-state index contributed by atoms with van der Waals surface area (Å²) in [6.45, 7) is 5.53. The first kappa shape index (κ1) is 17.7. The van der Waals surface area contributed by atoms with Crippen LogP contribution in [0.5, 0.6) is 5.75 Å². The molecule has 6 nitrogen and oxygen atoms in total. The van der Waals surface area contributed by atoms with Crippen molar-refractivity contribution in [3.8, 4) is 5.75 Å². The third kappa shape index (κ3) is 4.23. The Bertz CT molecular complexity index is 650. The van der Waals surface area contributed by atoms with Gasteiger partial charge < -0.3 is 9.64 Å². The first-order chi connectivity index (χ1) is 10.8. The van der Waals surface area contributed by atoms with Crippen LogP contribution in [0.3, 0.4) is 0 Å². The summed E-state index contributed by atoms with van der Waals surface area (Å²) < 4.78 is 31.9. The summed E-state index contributed by atoms with van der Waals surface area (Å²) in [5.74, 6) is 0.913. The van der Waals surface area contributed by atoms with Gasteiger partial charge in [-0.05, 0) is 18.1 Å². The molecule has 0 radical (unpaired) electrons. The van der Waals surface area contributed by atoms with E-state index >= 15 is 0 Å². The minimum Gasteiger partial charge on any atom is -0.497 e. The van der Waals surface area contributed by atoms with Crippen molar-refractivity contribution in [2.45, 2.75) is 25.2 Å². The highest BCUT2D eigenvalue weighted by Crippen LogP contribution is 2.22. The van der Waals surface area contributed by atoms with Crippen LogP contribution in [0.25, 0.3) is 0 Å². The van der Waals surface area contributed by atoms with Crippen LogP contribution in [-0.2, 0) is 14.8 Å². The largest absolute Gasteiger partial charge is 0.497 e. The molecule has 1 fully saturated rings. The van der Waals surface area contributed by atoms with Gasteiger partial charge in [0.1, 0.15) is 5.75 Å². The lowest BCUT2D eigenvalue weighted by molar-refractivity contribution is -0.133. The van der Waals surface area contributed by atoms with Gasteiger partial charge in [-0.3, -0.25) is 4.79 Å². The number of benzene rings is 1. The van der Waals surface area contributed by atoms with E-state index in [-0.39, 0.29) is 10.8 Å². The summed E-state index contributed by atoms with van der Waals surface area (Å²) in [7, 11) is -2.05. The molecule has 1 aromatic carbocycles. The van der Waals surface area contributed by atoms with Crippen LogP contribution in [0.1, 0.15) is 20.3 Å². The molecule has 1 aliphatic rings. The number of ether oxygens (including phenoxy) is 1. The van der Waals surface area contributed by atoms with Crippen molar-refractivity contribution >= 4 is 15.9 Å². The Morgan fingerprint density at radius 3 is 2.43 bits per heavy atom. The van der Waals surface area contributed by atoms with E-state index in [0.717, 1.165) is 0 Å². The van der Waals surface area contributed by atoms with Crippen molar-refractivity contribution in [3.05, 3.63) is 24.3 Å². The van der Waals surface area contributed by atoms with E-state index in [1.807, 2.05) is 13.8 Å². The Hall–Kier alpha value is -1.60. The molecule has 1 heterocycles. The third-order valence-corrected chi connectivity index (χ3v) is 5.75. The van der Waals surface area contributed by atoms with E-state index in [9.17, 15) is 13.2 Å². The third-order valence-electron chi connectivity index (χ3n) is 3.85. The minimum absolute atomic E-state index is 0.0958. The molecule has 0 unspecified atom stereocenters. The van der Waals surface area contributed by atoms with Crippen molar-refractivity contribution in [1.29, 1.82) is 0 Å². The second kappa shape index (κ2) is 7.31. The zero-order valence-corrected chi connectivity index (χ0v) is 14.7. The lowest BCUT2D eigenvalue weighted by Gasteiger charge is -2.34. The number of hydrogen-bond donors (Lipinski definition) is 0. The number of rotatable bonds is 5. The predicted octanol–water partition coefficient (Wildman–Crippen LogP) is 1.57. The van der Waals surface area contributed by atoms with Gasteiger partial charge in [0.2, 0.25) is 15.9 Å². The normalized spacial score (nSPS) is 16.6. The van der Waals surface area contributed by atoms with Gasteiger partial charge in [0.05, 0.1) is 12.0 Å². The van der Waals surface area contributed by atoms with Gasteiger partial charge in [-0.2, -0.15) is 4.31 Å². The molecule has 1 aromatic rings. The maximum Gasteiger partial charge on any atom is 0.243 e.